The summed E-state index contributed by atoms with van der Waals surface area (Å²) in [5.41, 5.74) is 0.684. The third-order valence-corrected chi connectivity index (χ3v) is 2.61. The first kappa shape index (κ1) is 14.9. The zero-order chi connectivity index (χ0) is 13.5. The normalized spacial score (nSPS) is 14.6. The van der Waals surface area contributed by atoms with Crippen molar-refractivity contribution < 1.29 is 18.6 Å². The number of ether oxygens (including phenoxy) is 1. The van der Waals surface area contributed by atoms with Crippen LogP contribution in [0.25, 0.3) is 0 Å². The molecule has 1 aromatic rings. The van der Waals surface area contributed by atoms with Crippen LogP contribution in [0.4, 0.5) is 8.78 Å². The smallest absolute Gasteiger partial charge is 0.387 e. The maximum Gasteiger partial charge on any atom is 0.387 e. The molecule has 0 amide bonds. The fourth-order valence-corrected chi connectivity index (χ4v) is 1.66. The Labute approximate surface area is 106 Å². The minimum absolute atomic E-state index is 0.112. The molecule has 102 valence electrons. The summed E-state index contributed by atoms with van der Waals surface area (Å²) in [5.74, 6) is 0.185. The lowest BCUT2D eigenvalue weighted by Gasteiger charge is -2.18. The van der Waals surface area contributed by atoms with Crippen molar-refractivity contribution in [2.45, 2.75) is 39.0 Å². The summed E-state index contributed by atoms with van der Waals surface area (Å²) >= 11 is 0. The van der Waals surface area contributed by atoms with Crippen molar-refractivity contribution in [1.82, 2.24) is 5.32 Å². The first-order valence-electron chi connectivity index (χ1n) is 5.96. The first-order valence-corrected chi connectivity index (χ1v) is 5.96. The zero-order valence-corrected chi connectivity index (χ0v) is 10.6. The molecule has 0 radical (unpaired) electrons. The van der Waals surface area contributed by atoms with Gasteiger partial charge in [0.05, 0.1) is 6.10 Å². The molecular formula is C13H19F2NO2. The van der Waals surface area contributed by atoms with Crippen LogP contribution >= 0.6 is 0 Å². The molecular weight excluding hydrogens is 240 g/mol. The van der Waals surface area contributed by atoms with E-state index in [9.17, 15) is 8.78 Å². The summed E-state index contributed by atoms with van der Waals surface area (Å²) < 4.78 is 29.0. The molecule has 2 unspecified atom stereocenters. The molecule has 0 aliphatic carbocycles. The van der Waals surface area contributed by atoms with Crippen LogP contribution in [0, 0.1) is 0 Å². The Hall–Kier alpha value is -1.20. The number of halogens is 2. The van der Waals surface area contributed by atoms with Gasteiger partial charge in [0.1, 0.15) is 5.75 Å². The van der Waals surface area contributed by atoms with Crippen LogP contribution in [0.1, 0.15) is 31.9 Å². The predicted octanol–water partition coefficient (Wildman–Crippen LogP) is 2.71. The molecule has 5 heteroatoms. The summed E-state index contributed by atoms with van der Waals surface area (Å²) in [6.07, 6.45) is 0.236. The molecule has 0 aliphatic rings. The Balaban J connectivity index is 2.63. The van der Waals surface area contributed by atoms with Crippen molar-refractivity contribution in [2.24, 2.45) is 0 Å². The van der Waals surface area contributed by atoms with Gasteiger partial charge in [0.2, 0.25) is 0 Å². The van der Waals surface area contributed by atoms with Crippen molar-refractivity contribution in [1.29, 1.82) is 0 Å². The van der Waals surface area contributed by atoms with Crippen LogP contribution in [0.15, 0.2) is 24.3 Å². The monoisotopic (exact) mass is 259 g/mol. The molecule has 3 nitrogen and oxygen atoms in total. The SMILES string of the molecule is CC(O)CCNC(C)c1ccccc1OC(F)F. The van der Waals surface area contributed by atoms with Crippen molar-refractivity contribution in [3.8, 4) is 5.75 Å². The van der Waals surface area contributed by atoms with Gasteiger partial charge >= 0.3 is 6.61 Å². The first-order chi connectivity index (χ1) is 8.50. The summed E-state index contributed by atoms with van der Waals surface area (Å²) in [4.78, 5) is 0. The third kappa shape index (κ3) is 4.98. The lowest BCUT2D eigenvalue weighted by Crippen LogP contribution is -2.23. The highest BCUT2D eigenvalue weighted by atomic mass is 19.3. The van der Waals surface area contributed by atoms with E-state index in [1.807, 2.05) is 6.92 Å². The molecule has 0 fully saturated rings. The Morgan fingerprint density at radius 1 is 1.28 bits per heavy atom. The maximum absolute atomic E-state index is 12.2. The van der Waals surface area contributed by atoms with E-state index in [1.165, 1.54) is 6.07 Å². The fourth-order valence-electron chi connectivity index (χ4n) is 1.66. The summed E-state index contributed by atoms with van der Waals surface area (Å²) in [7, 11) is 0. The van der Waals surface area contributed by atoms with Gasteiger partial charge in [-0.1, -0.05) is 18.2 Å². The van der Waals surface area contributed by atoms with Gasteiger partial charge < -0.3 is 15.2 Å². The van der Waals surface area contributed by atoms with Gasteiger partial charge in [0.25, 0.3) is 0 Å². The van der Waals surface area contributed by atoms with E-state index in [1.54, 1.807) is 25.1 Å². The third-order valence-electron chi connectivity index (χ3n) is 2.61. The highest BCUT2D eigenvalue weighted by molar-refractivity contribution is 5.35. The summed E-state index contributed by atoms with van der Waals surface area (Å²) in [6, 6.07) is 6.59. The largest absolute Gasteiger partial charge is 0.434 e. The van der Waals surface area contributed by atoms with Gasteiger partial charge in [-0.05, 0) is 32.9 Å². The quantitative estimate of drug-likeness (QED) is 0.791. The lowest BCUT2D eigenvalue weighted by molar-refractivity contribution is -0.0506. The van der Waals surface area contributed by atoms with E-state index in [2.05, 4.69) is 10.1 Å². The minimum Gasteiger partial charge on any atom is -0.434 e. The zero-order valence-electron chi connectivity index (χ0n) is 10.6. The average Bonchev–Trinajstić information content (AvgIpc) is 2.28. The highest BCUT2D eigenvalue weighted by Crippen LogP contribution is 2.26. The van der Waals surface area contributed by atoms with E-state index >= 15 is 0 Å². The molecule has 0 saturated heterocycles. The second kappa shape index (κ2) is 7.28. The molecule has 0 saturated carbocycles. The number of hydrogen-bond donors (Lipinski definition) is 2. The number of hydrogen-bond acceptors (Lipinski definition) is 3. The number of benzene rings is 1. The number of aliphatic hydroxyl groups is 1. The Bertz CT molecular complexity index is 359. The van der Waals surface area contributed by atoms with Crippen molar-refractivity contribution in [2.75, 3.05) is 6.54 Å². The Morgan fingerprint density at radius 2 is 1.94 bits per heavy atom. The topological polar surface area (TPSA) is 41.5 Å². The molecule has 0 heterocycles. The van der Waals surface area contributed by atoms with Crippen molar-refractivity contribution in [3.63, 3.8) is 0 Å². The van der Waals surface area contributed by atoms with E-state index in [0.717, 1.165) is 0 Å². The fraction of sp³-hybridized carbons (Fsp3) is 0.538. The van der Waals surface area contributed by atoms with Crippen LogP contribution < -0.4 is 10.1 Å². The molecule has 0 aliphatic heterocycles. The van der Waals surface area contributed by atoms with E-state index < -0.39 is 6.61 Å². The van der Waals surface area contributed by atoms with Crippen LogP contribution in [0.5, 0.6) is 5.75 Å². The minimum atomic E-state index is -2.82. The second-order valence-corrected chi connectivity index (χ2v) is 4.23. The second-order valence-electron chi connectivity index (χ2n) is 4.23. The number of alkyl halides is 2. The number of aliphatic hydroxyl groups excluding tert-OH is 1. The molecule has 0 aromatic heterocycles. The number of rotatable bonds is 7. The molecule has 1 rings (SSSR count). The lowest BCUT2D eigenvalue weighted by atomic mass is 10.1. The van der Waals surface area contributed by atoms with Crippen LogP contribution in [-0.4, -0.2) is 24.4 Å². The van der Waals surface area contributed by atoms with Gasteiger partial charge in [-0.25, -0.2) is 0 Å². The van der Waals surface area contributed by atoms with E-state index in [4.69, 9.17) is 5.11 Å². The van der Waals surface area contributed by atoms with Gasteiger partial charge in [-0.3, -0.25) is 0 Å². The molecule has 2 atom stereocenters. The van der Waals surface area contributed by atoms with Crippen LogP contribution in [0.2, 0.25) is 0 Å². The van der Waals surface area contributed by atoms with Gasteiger partial charge in [-0.2, -0.15) is 8.78 Å². The van der Waals surface area contributed by atoms with Crippen LogP contribution in [0.3, 0.4) is 0 Å². The maximum atomic E-state index is 12.2. The van der Waals surface area contributed by atoms with Crippen molar-refractivity contribution in [3.05, 3.63) is 29.8 Å². The van der Waals surface area contributed by atoms with E-state index in [-0.39, 0.29) is 17.9 Å². The van der Waals surface area contributed by atoms with E-state index in [0.29, 0.717) is 18.5 Å². The van der Waals surface area contributed by atoms with Crippen LogP contribution in [-0.2, 0) is 0 Å². The molecule has 1 aromatic carbocycles. The molecule has 0 spiro atoms. The molecule has 18 heavy (non-hydrogen) atoms. The van der Waals surface area contributed by atoms with Gasteiger partial charge in [0.15, 0.2) is 0 Å². The van der Waals surface area contributed by atoms with Crippen molar-refractivity contribution >= 4 is 0 Å². The Kier molecular flexibility index (Phi) is 6.01. The molecule has 0 bridgehead atoms. The highest BCUT2D eigenvalue weighted by Gasteiger charge is 2.13. The number of para-hydroxylation sites is 1. The number of nitrogens with one attached hydrogen (secondary N) is 1. The summed E-state index contributed by atoms with van der Waals surface area (Å²) in [6.45, 7) is 1.37. The van der Waals surface area contributed by atoms with Gasteiger partial charge in [0, 0.05) is 11.6 Å². The van der Waals surface area contributed by atoms with Gasteiger partial charge in [-0.15, -0.1) is 0 Å². The standard InChI is InChI=1S/C13H19F2NO2/c1-9(17)7-8-16-10(2)11-5-3-4-6-12(11)18-13(14)15/h3-6,9-10,13,16-17H,7-8H2,1-2H3. The predicted molar refractivity (Wildman–Crippen MR) is 65.8 cm³/mol. The average molecular weight is 259 g/mol. The summed E-state index contributed by atoms with van der Waals surface area (Å²) in [5, 5.41) is 12.3. The Morgan fingerprint density at radius 3 is 2.56 bits per heavy atom. The molecule has 2 N–H and O–H groups in total.